The van der Waals surface area contributed by atoms with Crippen molar-refractivity contribution >= 4 is 16.3 Å². The van der Waals surface area contributed by atoms with Crippen LogP contribution in [-0.4, -0.2) is 28.6 Å². The van der Waals surface area contributed by atoms with Gasteiger partial charge in [-0.2, -0.15) is 0 Å². The lowest BCUT2D eigenvalue weighted by Crippen LogP contribution is -2.28. The van der Waals surface area contributed by atoms with E-state index >= 15 is 0 Å². The maximum absolute atomic E-state index is 5.74. The van der Waals surface area contributed by atoms with Crippen LogP contribution < -0.4 is 5.32 Å². The summed E-state index contributed by atoms with van der Waals surface area (Å²) in [5.74, 6) is 0.660. The lowest BCUT2D eigenvalue weighted by Gasteiger charge is -2.17. The molecule has 2 atom stereocenters. The van der Waals surface area contributed by atoms with E-state index in [1.165, 1.54) is 17.0 Å². The highest BCUT2D eigenvalue weighted by atomic mass is 32.1. The molecule has 2 aromatic rings. The Labute approximate surface area is 124 Å². The predicted molar refractivity (Wildman–Crippen MR) is 82.4 cm³/mol. The zero-order valence-electron chi connectivity index (χ0n) is 12.5. The molecule has 5 heteroatoms. The van der Waals surface area contributed by atoms with E-state index in [-0.39, 0.29) is 0 Å². The van der Waals surface area contributed by atoms with Gasteiger partial charge in [-0.25, -0.2) is 4.98 Å². The highest BCUT2D eigenvalue weighted by Gasteiger charge is 2.26. The Morgan fingerprint density at radius 2 is 2.35 bits per heavy atom. The van der Waals surface area contributed by atoms with Gasteiger partial charge in [-0.3, -0.25) is 4.40 Å². The summed E-state index contributed by atoms with van der Waals surface area (Å²) in [4.78, 5) is 7.05. The van der Waals surface area contributed by atoms with Gasteiger partial charge in [0.2, 0.25) is 0 Å². The molecular formula is C15H23N3OS. The number of thiazole rings is 1. The fourth-order valence-corrected chi connectivity index (χ4v) is 3.97. The molecule has 1 saturated heterocycles. The molecule has 0 saturated carbocycles. The van der Waals surface area contributed by atoms with Crippen LogP contribution in [0.5, 0.6) is 0 Å². The second kappa shape index (κ2) is 5.84. The van der Waals surface area contributed by atoms with Crippen molar-refractivity contribution in [2.24, 2.45) is 5.92 Å². The predicted octanol–water partition coefficient (Wildman–Crippen LogP) is 2.92. The minimum Gasteiger partial charge on any atom is -0.378 e. The Kier molecular flexibility index (Phi) is 4.10. The van der Waals surface area contributed by atoms with Crippen LogP contribution >= 0.6 is 11.3 Å². The van der Waals surface area contributed by atoms with Crippen molar-refractivity contribution in [1.82, 2.24) is 14.7 Å². The molecule has 4 nitrogen and oxygen atoms in total. The van der Waals surface area contributed by atoms with Gasteiger partial charge in [-0.1, -0.05) is 6.92 Å². The van der Waals surface area contributed by atoms with Gasteiger partial charge in [0.25, 0.3) is 0 Å². The molecule has 0 radical (unpaired) electrons. The second-order valence-corrected chi connectivity index (χ2v) is 6.85. The monoisotopic (exact) mass is 293 g/mol. The van der Waals surface area contributed by atoms with Crippen LogP contribution in [0.25, 0.3) is 4.96 Å². The fourth-order valence-electron chi connectivity index (χ4n) is 3.08. The van der Waals surface area contributed by atoms with Crippen LogP contribution in [0, 0.1) is 19.8 Å². The lowest BCUT2D eigenvalue weighted by molar-refractivity contribution is 0.0872. The first-order valence-electron chi connectivity index (χ1n) is 7.45. The van der Waals surface area contributed by atoms with Gasteiger partial charge >= 0.3 is 0 Å². The number of imidazole rings is 1. The van der Waals surface area contributed by atoms with Gasteiger partial charge in [0, 0.05) is 30.8 Å². The van der Waals surface area contributed by atoms with Crippen LogP contribution in [-0.2, 0) is 11.3 Å². The molecule has 1 aliphatic heterocycles. The van der Waals surface area contributed by atoms with Crippen LogP contribution in [0.4, 0.5) is 0 Å². The van der Waals surface area contributed by atoms with Gasteiger partial charge in [-0.15, -0.1) is 11.3 Å². The average Bonchev–Trinajstić information content (AvgIpc) is 3.06. The van der Waals surface area contributed by atoms with Crippen molar-refractivity contribution in [2.75, 3.05) is 13.2 Å². The van der Waals surface area contributed by atoms with Crippen LogP contribution in [0.3, 0.4) is 0 Å². The number of hydrogen-bond acceptors (Lipinski definition) is 4. The molecule has 1 fully saturated rings. The normalized spacial score (nSPS) is 22.9. The number of ether oxygens (including phenoxy) is 1. The summed E-state index contributed by atoms with van der Waals surface area (Å²) in [6.45, 7) is 9.28. The van der Waals surface area contributed by atoms with Gasteiger partial charge in [0.05, 0.1) is 17.5 Å². The fraction of sp³-hybridized carbons (Fsp3) is 0.667. The quantitative estimate of drug-likeness (QED) is 0.921. The van der Waals surface area contributed by atoms with E-state index in [1.807, 2.05) is 0 Å². The first-order chi connectivity index (χ1) is 9.69. The molecule has 1 aliphatic rings. The molecule has 0 aromatic carbocycles. The standard InChI is InChI=1S/C15H23N3OS/c1-4-14-12(5-6-19-14)7-16-8-13-11(3)17-15-18(13)9-10(2)20-15/h9,12,14,16H,4-8H2,1-3H3. The van der Waals surface area contributed by atoms with Gasteiger partial charge < -0.3 is 10.1 Å². The van der Waals surface area contributed by atoms with Crippen molar-refractivity contribution in [1.29, 1.82) is 0 Å². The Balaban J connectivity index is 1.63. The van der Waals surface area contributed by atoms with Gasteiger partial charge in [0.15, 0.2) is 4.96 Å². The smallest absolute Gasteiger partial charge is 0.194 e. The molecule has 110 valence electrons. The Hall–Kier alpha value is -0.910. The molecule has 2 unspecified atom stereocenters. The van der Waals surface area contributed by atoms with E-state index in [1.54, 1.807) is 11.3 Å². The number of rotatable bonds is 5. The summed E-state index contributed by atoms with van der Waals surface area (Å²) in [5.41, 5.74) is 2.43. The van der Waals surface area contributed by atoms with Crippen LogP contribution in [0.1, 0.15) is 36.0 Å². The molecule has 3 heterocycles. The first kappa shape index (κ1) is 14.0. The van der Waals surface area contributed by atoms with E-state index in [2.05, 4.69) is 41.7 Å². The molecule has 0 spiro atoms. The topological polar surface area (TPSA) is 38.6 Å². The maximum Gasteiger partial charge on any atom is 0.194 e. The molecule has 0 aliphatic carbocycles. The van der Waals surface area contributed by atoms with Crippen molar-refractivity contribution < 1.29 is 4.74 Å². The third-order valence-corrected chi connectivity index (χ3v) is 5.09. The van der Waals surface area contributed by atoms with Crippen LogP contribution in [0.2, 0.25) is 0 Å². The van der Waals surface area contributed by atoms with E-state index in [9.17, 15) is 0 Å². The van der Waals surface area contributed by atoms with Crippen molar-refractivity contribution in [2.45, 2.75) is 46.3 Å². The summed E-state index contributed by atoms with van der Waals surface area (Å²) >= 11 is 1.75. The summed E-state index contributed by atoms with van der Waals surface area (Å²) in [7, 11) is 0. The van der Waals surface area contributed by atoms with Crippen molar-refractivity contribution in [3.8, 4) is 0 Å². The number of aromatic nitrogens is 2. The molecule has 20 heavy (non-hydrogen) atoms. The lowest BCUT2D eigenvalue weighted by atomic mass is 10.00. The molecule has 0 amide bonds. The Morgan fingerprint density at radius 3 is 3.15 bits per heavy atom. The van der Waals surface area contributed by atoms with Crippen molar-refractivity contribution in [3.63, 3.8) is 0 Å². The number of nitrogens with one attached hydrogen (secondary N) is 1. The highest BCUT2D eigenvalue weighted by Crippen LogP contribution is 2.23. The summed E-state index contributed by atoms with van der Waals surface area (Å²) in [6.07, 6.45) is 4.93. The minimum atomic E-state index is 0.442. The third-order valence-electron chi connectivity index (χ3n) is 4.19. The highest BCUT2D eigenvalue weighted by molar-refractivity contribution is 7.17. The first-order valence-corrected chi connectivity index (χ1v) is 8.27. The van der Waals surface area contributed by atoms with Gasteiger partial charge in [-0.05, 0) is 32.6 Å². The summed E-state index contributed by atoms with van der Waals surface area (Å²) in [5, 5.41) is 3.60. The second-order valence-electron chi connectivity index (χ2n) is 5.64. The van der Waals surface area contributed by atoms with E-state index in [4.69, 9.17) is 4.74 Å². The number of hydrogen-bond donors (Lipinski definition) is 1. The molecule has 1 N–H and O–H groups in total. The maximum atomic E-state index is 5.74. The van der Waals surface area contributed by atoms with E-state index < -0.39 is 0 Å². The van der Waals surface area contributed by atoms with Gasteiger partial charge in [0.1, 0.15) is 0 Å². The van der Waals surface area contributed by atoms with E-state index in [0.717, 1.165) is 36.8 Å². The molecular weight excluding hydrogens is 270 g/mol. The van der Waals surface area contributed by atoms with Crippen molar-refractivity contribution in [3.05, 3.63) is 22.5 Å². The van der Waals surface area contributed by atoms with E-state index in [0.29, 0.717) is 12.0 Å². The summed E-state index contributed by atoms with van der Waals surface area (Å²) in [6, 6.07) is 0. The Bertz CT molecular complexity index is 589. The largest absolute Gasteiger partial charge is 0.378 e. The zero-order chi connectivity index (χ0) is 14.1. The minimum absolute atomic E-state index is 0.442. The number of fused-ring (bicyclic) bond motifs is 1. The molecule has 0 bridgehead atoms. The molecule has 3 rings (SSSR count). The summed E-state index contributed by atoms with van der Waals surface area (Å²) < 4.78 is 7.97. The Morgan fingerprint density at radius 1 is 1.50 bits per heavy atom. The SMILES string of the molecule is CCC1OCCC1CNCc1c(C)nc2sc(C)cn12. The van der Waals surface area contributed by atoms with Crippen LogP contribution in [0.15, 0.2) is 6.20 Å². The average molecular weight is 293 g/mol. The zero-order valence-corrected chi connectivity index (χ0v) is 13.3. The molecule has 2 aromatic heterocycles. The number of nitrogens with zero attached hydrogens (tertiary/aromatic N) is 2. The number of aryl methyl sites for hydroxylation is 2. The third kappa shape index (κ3) is 2.62.